The molecular formula is C51H32N2O. The summed E-state index contributed by atoms with van der Waals surface area (Å²) in [5, 5.41) is 5.64. The van der Waals surface area contributed by atoms with Crippen LogP contribution in [0.3, 0.4) is 0 Å². The monoisotopic (exact) mass is 688 g/mol. The molecule has 1 aliphatic rings. The van der Waals surface area contributed by atoms with Crippen molar-refractivity contribution in [3.63, 3.8) is 0 Å². The molecule has 0 saturated carbocycles. The maximum absolute atomic E-state index is 7.24. The van der Waals surface area contributed by atoms with Crippen LogP contribution in [0.2, 0.25) is 0 Å². The molecule has 252 valence electrons. The van der Waals surface area contributed by atoms with E-state index < -0.39 is 0 Å². The molecule has 10 aromatic rings. The van der Waals surface area contributed by atoms with E-state index in [0.29, 0.717) is 5.82 Å². The Morgan fingerprint density at radius 3 is 1.65 bits per heavy atom. The van der Waals surface area contributed by atoms with Crippen molar-refractivity contribution in [3.05, 3.63) is 181 Å². The topological polar surface area (TPSA) is 38.9 Å². The van der Waals surface area contributed by atoms with Crippen LogP contribution < -0.4 is 0 Å². The standard InChI is InChI=1S/C51H32N2O/c1-31-47(32-16-4-2-5-17-32)52-51(33-18-6-3-7-19-33)53-48(31)42-28-29-43(39-25-12-11-24-38(39)42)50-45-41-27-15-14-23-37(41)36-22-10-13-26-40(36)44-30-34-20-8-9-21-35(34)49(54-50)46(44)45/h2-30H,1H3. The van der Waals surface area contributed by atoms with Gasteiger partial charge in [-0.1, -0.05) is 164 Å². The normalized spacial score (nSPS) is 11.8. The molecule has 2 heterocycles. The number of hydrogen-bond acceptors (Lipinski definition) is 3. The molecule has 0 spiro atoms. The van der Waals surface area contributed by atoms with Crippen LogP contribution in [0.25, 0.3) is 111 Å². The molecule has 11 rings (SSSR count). The Kier molecular flexibility index (Phi) is 6.77. The number of aromatic nitrogens is 2. The van der Waals surface area contributed by atoms with Gasteiger partial charge in [-0.2, -0.15) is 0 Å². The third kappa shape index (κ3) is 4.55. The smallest absolute Gasteiger partial charge is 0.160 e. The molecule has 54 heavy (non-hydrogen) atoms. The lowest BCUT2D eigenvalue weighted by Crippen LogP contribution is -2.01. The molecule has 2 aromatic heterocycles. The Morgan fingerprint density at radius 1 is 0.407 bits per heavy atom. The van der Waals surface area contributed by atoms with Crippen LogP contribution in [0.4, 0.5) is 0 Å². The average Bonchev–Trinajstić information content (AvgIpc) is 3.59. The van der Waals surface area contributed by atoms with Crippen LogP contribution in [-0.4, -0.2) is 9.97 Å². The quantitative estimate of drug-likeness (QED) is 0.185. The van der Waals surface area contributed by atoms with Gasteiger partial charge in [0.25, 0.3) is 0 Å². The summed E-state index contributed by atoms with van der Waals surface area (Å²) in [6.07, 6.45) is 0. The van der Waals surface area contributed by atoms with E-state index in [1.54, 1.807) is 0 Å². The second-order valence-electron chi connectivity index (χ2n) is 14.1. The predicted molar refractivity (Wildman–Crippen MR) is 223 cm³/mol. The summed E-state index contributed by atoms with van der Waals surface area (Å²) in [5.41, 5.74) is 15.1. The first-order valence-corrected chi connectivity index (χ1v) is 18.4. The van der Waals surface area contributed by atoms with Crippen LogP contribution in [0, 0.1) is 6.92 Å². The van der Waals surface area contributed by atoms with Gasteiger partial charge in [-0.05, 0) is 63.0 Å². The van der Waals surface area contributed by atoms with E-state index in [0.717, 1.165) is 83.0 Å². The van der Waals surface area contributed by atoms with E-state index in [9.17, 15) is 0 Å². The lowest BCUT2D eigenvalue weighted by Gasteiger charge is -2.17. The first kappa shape index (κ1) is 30.5. The molecule has 0 radical (unpaired) electrons. The Labute approximate surface area is 312 Å². The lowest BCUT2D eigenvalue weighted by molar-refractivity contribution is 0.636. The molecule has 0 amide bonds. The molecule has 3 nitrogen and oxygen atoms in total. The highest BCUT2D eigenvalue weighted by atomic mass is 16.3. The summed E-state index contributed by atoms with van der Waals surface area (Å²) in [7, 11) is 0. The van der Waals surface area contributed by atoms with Crippen molar-refractivity contribution in [3.8, 4) is 78.6 Å². The van der Waals surface area contributed by atoms with Crippen molar-refractivity contribution in [1.82, 2.24) is 9.97 Å². The molecule has 0 saturated heterocycles. The van der Waals surface area contributed by atoms with Crippen molar-refractivity contribution in [2.24, 2.45) is 0 Å². The lowest BCUT2D eigenvalue weighted by atomic mass is 9.90. The van der Waals surface area contributed by atoms with Crippen LogP contribution in [0.1, 0.15) is 5.56 Å². The zero-order chi connectivity index (χ0) is 35.8. The van der Waals surface area contributed by atoms with Gasteiger partial charge in [-0.15, -0.1) is 0 Å². The maximum Gasteiger partial charge on any atom is 0.160 e. The van der Waals surface area contributed by atoms with Crippen molar-refractivity contribution < 1.29 is 4.42 Å². The fraction of sp³-hybridized carbons (Fsp3) is 0.0196. The van der Waals surface area contributed by atoms with Crippen LogP contribution >= 0.6 is 0 Å². The van der Waals surface area contributed by atoms with Gasteiger partial charge in [0.15, 0.2) is 5.82 Å². The summed E-state index contributed by atoms with van der Waals surface area (Å²) in [6, 6.07) is 62.3. The number of benzene rings is 8. The minimum Gasteiger partial charge on any atom is -0.455 e. The first-order valence-electron chi connectivity index (χ1n) is 18.4. The zero-order valence-corrected chi connectivity index (χ0v) is 29.5. The fourth-order valence-electron chi connectivity index (χ4n) is 8.56. The number of fused-ring (bicyclic) bond motifs is 8. The van der Waals surface area contributed by atoms with Gasteiger partial charge >= 0.3 is 0 Å². The number of nitrogens with zero attached hydrogens (tertiary/aromatic N) is 2. The highest BCUT2D eigenvalue weighted by Gasteiger charge is 2.30. The Bertz CT molecular complexity index is 3100. The molecule has 0 fully saturated rings. The van der Waals surface area contributed by atoms with E-state index in [4.69, 9.17) is 14.4 Å². The second-order valence-corrected chi connectivity index (χ2v) is 14.1. The van der Waals surface area contributed by atoms with Crippen molar-refractivity contribution in [1.29, 1.82) is 0 Å². The van der Waals surface area contributed by atoms with Crippen molar-refractivity contribution in [2.45, 2.75) is 6.92 Å². The van der Waals surface area contributed by atoms with Crippen molar-refractivity contribution in [2.75, 3.05) is 0 Å². The molecule has 1 aliphatic carbocycles. The number of rotatable bonds is 4. The highest BCUT2D eigenvalue weighted by molar-refractivity contribution is 6.23. The SMILES string of the molecule is Cc1c(-c2ccccc2)nc(-c2ccccc2)nc1-c1ccc(-c2oc3c4c(cc5ccccc53)-c3ccccc3-c3ccccc3-c24)c2ccccc12. The summed E-state index contributed by atoms with van der Waals surface area (Å²) in [4.78, 5) is 10.5. The molecule has 0 bridgehead atoms. The maximum atomic E-state index is 7.24. The largest absolute Gasteiger partial charge is 0.455 e. The molecule has 0 atom stereocenters. The minimum atomic E-state index is 0.705. The number of furan rings is 1. The van der Waals surface area contributed by atoms with Gasteiger partial charge in [0, 0.05) is 44.2 Å². The fourth-order valence-corrected chi connectivity index (χ4v) is 8.56. The van der Waals surface area contributed by atoms with Gasteiger partial charge in [-0.3, -0.25) is 0 Å². The molecule has 0 N–H and O–H groups in total. The Balaban J connectivity index is 1.22. The van der Waals surface area contributed by atoms with Crippen LogP contribution in [0.5, 0.6) is 0 Å². The summed E-state index contributed by atoms with van der Waals surface area (Å²) in [5.74, 6) is 1.58. The predicted octanol–water partition coefficient (Wildman–Crippen LogP) is 13.8. The third-order valence-corrected chi connectivity index (χ3v) is 11.0. The molecule has 0 aliphatic heterocycles. The third-order valence-electron chi connectivity index (χ3n) is 11.0. The van der Waals surface area contributed by atoms with Crippen molar-refractivity contribution >= 4 is 32.5 Å². The summed E-state index contributed by atoms with van der Waals surface area (Å²) < 4.78 is 7.24. The average molecular weight is 689 g/mol. The number of hydrogen-bond donors (Lipinski definition) is 0. The molecule has 0 unspecified atom stereocenters. The van der Waals surface area contributed by atoms with Gasteiger partial charge in [0.2, 0.25) is 0 Å². The minimum absolute atomic E-state index is 0.705. The van der Waals surface area contributed by atoms with E-state index in [1.165, 1.54) is 27.8 Å². The Morgan fingerprint density at radius 2 is 0.926 bits per heavy atom. The van der Waals surface area contributed by atoms with E-state index in [1.807, 2.05) is 24.3 Å². The summed E-state index contributed by atoms with van der Waals surface area (Å²) >= 11 is 0. The molecule has 8 aromatic carbocycles. The van der Waals surface area contributed by atoms with Gasteiger partial charge < -0.3 is 4.42 Å². The van der Waals surface area contributed by atoms with E-state index >= 15 is 0 Å². The van der Waals surface area contributed by atoms with E-state index in [-0.39, 0.29) is 0 Å². The van der Waals surface area contributed by atoms with Gasteiger partial charge in [-0.25, -0.2) is 9.97 Å². The zero-order valence-electron chi connectivity index (χ0n) is 29.5. The van der Waals surface area contributed by atoms with Gasteiger partial charge in [0.1, 0.15) is 11.3 Å². The molecular weight excluding hydrogens is 657 g/mol. The van der Waals surface area contributed by atoms with Crippen LogP contribution in [-0.2, 0) is 0 Å². The van der Waals surface area contributed by atoms with E-state index in [2.05, 4.69) is 159 Å². The second kappa shape index (κ2) is 12.0. The van der Waals surface area contributed by atoms with Crippen LogP contribution in [0.15, 0.2) is 180 Å². The van der Waals surface area contributed by atoms with Gasteiger partial charge in [0.05, 0.1) is 11.4 Å². The first-order chi connectivity index (χ1) is 26.7. The highest BCUT2D eigenvalue weighted by Crippen LogP contribution is 2.54. The summed E-state index contributed by atoms with van der Waals surface area (Å²) in [6.45, 7) is 2.14. The molecule has 3 heteroatoms. The Hall–Kier alpha value is -7.10.